The number of aromatic nitrogens is 4. The van der Waals surface area contributed by atoms with Gasteiger partial charge in [0.05, 0.1) is 12.4 Å². The fraction of sp³-hybridized carbons (Fsp3) is 0.462. The second kappa shape index (κ2) is 5.75. The van der Waals surface area contributed by atoms with Crippen LogP contribution < -0.4 is 5.32 Å². The highest BCUT2D eigenvalue weighted by molar-refractivity contribution is 6.29. The average Bonchev–Trinajstić information content (AvgIpc) is 2.87. The Balaban J connectivity index is 1.76. The van der Waals surface area contributed by atoms with Crippen molar-refractivity contribution in [1.29, 1.82) is 0 Å². The minimum atomic E-state index is -2.58. The first-order chi connectivity index (χ1) is 10.4. The molecule has 2 heterocycles. The van der Waals surface area contributed by atoms with E-state index in [1.807, 2.05) is 0 Å². The molecule has 2 aromatic rings. The summed E-state index contributed by atoms with van der Waals surface area (Å²) >= 11 is 5.92. The molecule has 3 rings (SSSR count). The number of anilines is 1. The molecular weight excluding hydrogens is 319 g/mol. The summed E-state index contributed by atoms with van der Waals surface area (Å²) in [6.07, 6.45) is 2.54. The Bertz CT molecular complexity index is 665. The van der Waals surface area contributed by atoms with E-state index in [1.54, 1.807) is 0 Å². The van der Waals surface area contributed by atoms with Crippen molar-refractivity contribution >= 4 is 17.4 Å². The molecule has 0 spiro atoms. The lowest BCUT2D eigenvalue weighted by Gasteiger charge is -2.29. The lowest BCUT2D eigenvalue weighted by molar-refractivity contribution is -0.0361. The molecule has 1 fully saturated rings. The maximum atomic E-state index is 13.1. The molecule has 0 aromatic carbocycles. The monoisotopic (exact) mass is 331 g/mol. The van der Waals surface area contributed by atoms with Crippen molar-refractivity contribution in [3.05, 3.63) is 29.4 Å². The van der Waals surface area contributed by atoms with E-state index in [1.165, 1.54) is 6.07 Å². The SMILES string of the molecule is Fc1cnn(-c2nc(Cl)cc(NC3CCC(F)(F)CC3)n2)c1. The largest absolute Gasteiger partial charge is 0.367 e. The molecule has 1 N–H and O–H groups in total. The molecular formula is C13H13ClF3N5. The molecule has 0 unspecified atom stereocenters. The Labute approximate surface area is 129 Å². The minimum absolute atomic E-state index is 0.104. The number of nitrogens with one attached hydrogen (secondary N) is 1. The van der Waals surface area contributed by atoms with Gasteiger partial charge in [-0.3, -0.25) is 0 Å². The second-order valence-corrected chi connectivity index (χ2v) is 5.64. The maximum absolute atomic E-state index is 13.1. The third-order valence-electron chi connectivity index (χ3n) is 3.51. The Kier molecular flexibility index (Phi) is 3.94. The topological polar surface area (TPSA) is 55.6 Å². The summed E-state index contributed by atoms with van der Waals surface area (Å²) in [7, 11) is 0. The summed E-state index contributed by atoms with van der Waals surface area (Å²) in [6, 6.07) is 1.39. The Morgan fingerprint density at radius 2 is 2.00 bits per heavy atom. The molecule has 0 saturated heterocycles. The van der Waals surface area contributed by atoms with Crippen molar-refractivity contribution in [2.45, 2.75) is 37.6 Å². The van der Waals surface area contributed by atoms with Gasteiger partial charge in [0.15, 0.2) is 5.82 Å². The Hall–Kier alpha value is -1.83. The summed E-state index contributed by atoms with van der Waals surface area (Å²) in [4.78, 5) is 8.15. The van der Waals surface area contributed by atoms with Crippen LogP contribution in [0.1, 0.15) is 25.7 Å². The highest BCUT2D eigenvalue weighted by Gasteiger charge is 2.34. The van der Waals surface area contributed by atoms with E-state index in [9.17, 15) is 13.2 Å². The molecule has 1 aliphatic carbocycles. The van der Waals surface area contributed by atoms with E-state index >= 15 is 0 Å². The van der Waals surface area contributed by atoms with E-state index in [0.717, 1.165) is 17.1 Å². The molecule has 0 amide bonds. The molecule has 1 saturated carbocycles. The van der Waals surface area contributed by atoms with Crippen LogP contribution in [0.15, 0.2) is 18.5 Å². The van der Waals surface area contributed by atoms with Gasteiger partial charge in [-0.1, -0.05) is 11.6 Å². The van der Waals surface area contributed by atoms with Crippen molar-refractivity contribution < 1.29 is 13.2 Å². The lowest BCUT2D eigenvalue weighted by Crippen LogP contribution is -2.32. The van der Waals surface area contributed by atoms with E-state index in [-0.39, 0.29) is 30.0 Å². The van der Waals surface area contributed by atoms with Gasteiger partial charge in [0.25, 0.3) is 5.95 Å². The number of hydrogen-bond acceptors (Lipinski definition) is 4. The smallest absolute Gasteiger partial charge is 0.254 e. The van der Waals surface area contributed by atoms with Gasteiger partial charge in [-0.25, -0.2) is 17.9 Å². The van der Waals surface area contributed by atoms with Crippen LogP contribution in [0.4, 0.5) is 19.0 Å². The van der Waals surface area contributed by atoms with Crippen molar-refractivity contribution in [2.24, 2.45) is 0 Å². The van der Waals surface area contributed by atoms with Crippen LogP contribution in [0.2, 0.25) is 5.15 Å². The maximum Gasteiger partial charge on any atom is 0.254 e. The molecule has 118 valence electrons. The van der Waals surface area contributed by atoms with Crippen molar-refractivity contribution in [2.75, 3.05) is 5.32 Å². The molecule has 22 heavy (non-hydrogen) atoms. The second-order valence-electron chi connectivity index (χ2n) is 5.25. The number of hydrogen-bond donors (Lipinski definition) is 1. The van der Waals surface area contributed by atoms with Gasteiger partial charge >= 0.3 is 0 Å². The van der Waals surface area contributed by atoms with E-state index in [4.69, 9.17) is 11.6 Å². The molecule has 0 radical (unpaired) electrons. The molecule has 0 atom stereocenters. The number of halogens is 4. The number of rotatable bonds is 3. The summed E-state index contributed by atoms with van der Waals surface area (Å²) in [6.45, 7) is 0. The fourth-order valence-electron chi connectivity index (χ4n) is 2.39. The van der Waals surface area contributed by atoms with Crippen LogP contribution in [0.3, 0.4) is 0 Å². The number of nitrogens with zero attached hydrogens (tertiary/aromatic N) is 4. The van der Waals surface area contributed by atoms with Gasteiger partial charge in [0.1, 0.15) is 11.0 Å². The number of alkyl halides is 2. The minimum Gasteiger partial charge on any atom is -0.367 e. The van der Waals surface area contributed by atoms with Crippen LogP contribution >= 0.6 is 11.6 Å². The van der Waals surface area contributed by atoms with Crippen molar-refractivity contribution in [1.82, 2.24) is 19.7 Å². The van der Waals surface area contributed by atoms with Crippen LogP contribution in [0, 0.1) is 5.82 Å². The zero-order valence-electron chi connectivity index (χ0n) is 11.4. The van der Waals surface area contributed by atoms with Gasteiger partial charge in [-0.2, -0.15) is 15.1 Å². The summed E-state index contributed by atoms with van der Waals surface area (Å²) in [5, 5.41) is 6.99. The molecule has 9 heteroatoms. The van der Waals surface area contributed by atoms with Crippen LogP contribution in [-0.4, -0.2) is 31.7 Å². The third kappa shape index (κ3) is 3.49. The van der Waals surface area contributed by atoms with Crippen molar-refractivity contribution in [3.8, 4) is 5.95 Å². The quantitative estimate of drug-likeness (QED) is 0.875. The highest BCUT2D eigenvalue weighted by atomic mass is 35.5. The van der Waals surface area contributed by atoms with Crippen molar-refractivity contribution in [3.63, 3.8) is 0 Å². The Morgan fingerprint density at radius 1 is 1.27 bits per heavy atom. The van der Waals surface area contributed by atoms with Crippen LogP contribution in [-0.2, 0) is 0 Å². The van der Waals surface area contributed by atoms with E-state index in [2.05, 4.69) is 20.4 Å². The van der Waals surface area contributed by atoms with Gasteiger partial charge in [-0.05, 0) is 12.8 Å². The lowest BCUT2D eigenvalue weighted by atomic mass is 9.92. The first kappa shape index (κ1) is 15.1. The van der Waals surface area contributed by atoms with E-state index < -0.39 is 11.7 Å². The van der Waals surface area contributed by atoms with E-state index in [0.29, 0.717) is 18.7 Å². The molecule has 0 aliphatic heterocycles. The van der Waals surface area contributed by atoms with Gasteiger partial charge in [0.2, 0.25) is 5.92 Å². The highest BCUT2D eigenvalue weighted by Crippen LogP contribution is 2.34. The summed E-state index contributed by atoms with van der Waals surface area (Å²) in [5.74, 6) is -2.59. The fourth-order valence-corrected chi connectivity index (χ4v) is 2.56. The standard InChI is InChI=1S/C13H13ClF3N5/c14-10-5-11(19-9-1-3-13(16,17)4-2-9)21-12(20-10)22-7-8(15)6-18-22/h5-7,9H,1-4H2,(H,19,20,21). The Morgan fingerprint density at radius 3 is 2.64 bits per heavy atom. The molecule has 0 bridgehead atoms. The zero-order chi connectivity index (χ0) is 15.7. The zero-order valence-corrected chi connectivity index (χ0v) is 12.2. The first-order valence-corrected chi connectivity index (χ1v) is 7.19. The summed E-state index contributed by atoms with van der Waals surface area (Å²) < 4.78 is 40.4. The average molecular weight is 332 g/mol. The predicted octanol–water partition coefficient (Wildman–Crippen LogP) is 3.44. The van der Waals surface area contributed by atoms with Gasteiger partial charge in [0, 0.05) is 24.9 Å². The predicted molar refractivity (Wildman–Crippen MR) is 74.9 cm³/mol. The van der Waals surface area contributed by atoms with Gasteiger partial charge < -0.3 is 5.32 Å². The van der Waals surface area contributed by atoms with Gasteiger partial charge in [-0.15, -0.1) is 0 Å². The normalized spacial score (nSPS) is 18.4. The molecule has 5 nitrogen and oxygen atoms in total. The summed E-state index contributed by atoms with van der Waals surface area (Å²) in [5.41, 5.74) is 0. The van der Waals surface area contributed by atoms with Crippen LogP contribution in [0.5, 0.6) is 0 Å². The first-order valence-electron chi connectivity index (χ1n) is 6.81. The molecule has 2 aromatic heterocycles. The third-order valence-corrected chi connectivity index (χ3v) is 3.70. The van der Waals surface area contributed by atoms with Crippen LogP contribution in [0.25, 0.3) is 5.95 Å². The molecule has 1 aliphatic rings.